The van der Waals surface area contributed by atoms with Gasteiger partial charge >= 0.3 is 0 Å². The SMILES string of the molecule is C=C(Br)CN=C(NCC)N1CC2C3CCC(O3)C2C1. The molecule has 2 bridgehead atoms. The highest BCUT2D eigenvalue weighted by Crippen LogP contribution is 2.47. The zero-order valence-electron chi connectivity index (χ0n) is 11.4. The van der Waals surface area contributed by atoms with Crippen LogP contribution in [0.5, 0.6) is 0 Å². The van der Waals surface area contributed by atoms with E-state index in [-0.39, 0.29) is 0 Å². The van der Waals surface area contributed by atoms with E-state index in [4.69, 9.17) is 4.74 Å². The highest BCUT2D eigenvalue weighted by atomic mass is 79.9. The molecular weight excluding hydrogens is 306 g/mol. The minimum atomic E-state index is 0.508. The molecule has 0 spiro atoms. The number of nitrogens with zero attached hydrogens (tertiary/aromatic N) is 2. The highest BCUT2D eigenvalue weighted by molar-refractivity contribution is 9.11. The summed E-state index contributed by atoms with van der Waals surface area (Å²) in [7, 11) is 0. The number of guanidine groups is 1. The van der Waals surface area contributed by atoms with Crippen LogP contribution >= 0.6 is 15.9 Å². The summed E-state index contributed by atoms with van der Waals surface area (Å²) in [6, 6.07) is 0. The van der Waals surface area contributed by atoms with Gasteiger partial charge in [0, 0.05) is 36.0 Å². The summed E-state index contributed by atoms with van der Waals surface area (Å²) in [4.78, 5) is 7.04. The Labute approximate surface area is 123 Å². The Bertz CT molecular complexity index is 380. The van der Waals surface area contributed by atoms with Crippen molar-refractivity contribution in [2.45, 2.75) is 32.0 Å². The number of hydrogen-bond donors (Lipinski definition) is 1. The van der Waals surface area contributed by atoms with Gasteiger partial charge in [-0.05, 0) is 19.8 Å². The molecule has 0 aliphatic carbocycles. The van der Waals surface area contributed by atoms with Crippen molar-refractivity contribution < 1.29 is 4.74 Å². The van der Waals surface area contributed by atoms with Gasteiger partial charge in [0.25, 0.3) is 0 Å². The van der Waals surface area contributed by atoms with Gasteiger partial charge < -0.3 is 15.0 Å². The highest BCUT2D eigenvalue weighted by Gasteiger charge is 2.53. The largest absolute Gasteiger partial charge is 0.374 e. The van der Waals surface area contributed by atoms with Gasteiger partial charge in [-0.25, -0.2) is 4.99 Å². The molecular formula is C14H22BrN3O. The standard InChI is InChI=1S/C14H22BrN3O/c1-3-16-14(17-6-9(2)15)18-7-10-11(8-18)13-5-4-12(10)19-13/h10-13H,2-8H2,1H3,(H,16,17). The molecule has 3 aliphatic heterocycles. The third-order valence-corrected chi connectivity index (χ3v) is 4.74. The number of fused-ring (bicyclic) bond motifs is 5. The second kappa shape index (κ2) is 5.44. The second-order valence-electron chi connectivity index (χ2n) is 5.71. The lowest BCUT2D eigenvalue weighted by Gasteiger charge is -2.23. The van der Waals surface area contributed by atoms with Gasteiger partial charge in [-0.3, -0.25) is 0 Å². The molecule has 4 atom stereocenters. The van der Waals surface area contributed by atoms with E-state index in [1.165, 1.54) is 12.8 Å². The molecule has 1 N–H and O–H groups in total. The molecule has 0 aromatic rings. The lowest BCUT2D eigenvalue weighted by Crippen LogP contribution is -2.41. The van der Waals surface area contributed by atoms with Crippen molar-refractivity contribution in [3.8, 4) is 0 Å². The summed E-state index contributed by atoms with van der Waals surface area (Å²) in [5.74, 6) is 2.46. The minimum absolute atomic E-state index is 0.508. The molecule has 0 aromatic heterocycles. The van der Waals surface area contributed by atoms with Crippen LogP contribution in [-0.2, 0) is 4.74 Å². The van der Waals surface area contributed by atoms with Crippen LogP contribution in [0, 0.1) is 11.8 Å². The summed E-state index contributed by atoms with van der Waals surface area (Å²) in [6.45, 7) is 9.68. The Balaban J connectivity index is 1.68. The van der Waals surface area contributed by atoms with Crippen LogP contribution in [0.4, 0.5) is 0 Å². The summed E-state index contributed by atoms with van der Waals surface area (Å²) < 4.78 is 6.94. The van der Waals surface area contributed by atoms with E-state index in [0.717, 1.165) is 41.9 Å². The van der Waals surface area contributed by atoms with Crippen LogP contribution in [0.2, 0.25) is 0 Å². The average molecular weight is 328 g/mol. The van der Waals surface area contributed by atoms with Gasteiger partial charge in [-0.1, -0.05) is 22.5 Å². The Kier molecular flexibility index (Phi) is 3.85. The van der Waals surface area contributed by atoms with Crippen LogP contribution in [0.15, 0.2) is 16.1 Å². The van der Waals surface area contributed by atoms with Crippen LogP contribution in [0.1, 0.15) is 19.8 Å². The fourth-order valence-electron chi connectivity index (χ4n) is 3.72. The molecule has 0 saturated carbocycles. The molecule has 3 fully saturated rings. The monoisotopic (exact) mass is 327 g/mol. The van der Waals surface area contributed by atoms with Crippen LogP contribution in [-0.4, -0.2) is 49.2 Å². The molecule has 3 heterocycles. The zero-order chi connectivity index (χ0) is 13.4. The molecule has 3 rings (SSSR count). The number of hydrogen-bond acceptors (Lipinski definition) is 2. The number of ether oxygens (including phenoxy) is 1. The van der Waals surface area contributed by atoms with Gasteiger partial charge in [0.1, 0.15) is 0 Å². The van der Waals surface area contributed by atoms with Crippen molar-refractivity contribution in [1.82, 2.24) is 10.2 Å². The summed E-state index contributed by atoms with van der Waals surface area (Å²) >= 11 is 3.37. The quantitative estimate of drug-likeness (QED) is 0.636. The zero-order valence-corrected chi connectivity index (χ0v) is 13.0. The first-order valence-electron chi connectivity index (χ1n) is 7.21. The lowest BCUT2D eigenvalue weighted by molar-refractivity contribution is 0.0767. The number of aliphatic imine (C=N–C) groups is 1. The Hall–Kier alpha value is -0.550. The maximum atomic E-state index is 6.02. The maximum Gasteiger partial charge on any atom is 0.194 e. The molecule has 3 aliphatic rings. The normalized spacial score (nSPS) is 36.7. The lowest BCUT2D eigenvalue weighted by atomic mass is 9.82. The maximum absolute atomic E-state index is 6.02. The first-order valence-corrected chi connectivity index (χ1v) is 8.00. The Morgan fingerprint density at radius 1 is 1.37 bits per heavy atom. The second-order valence-corrected chi connectivity index (χ2v) is 6.83. The van der Waals surface area contributed by atoms with Crippen molar-refractivity contribution in [3.63, 3.8) is 0 Å². The molecule has 4 nitrogen and oxygen atoms in total. The van der Waals surface area contributed by atoms with Gasteiger partial charge in [0.2, 0.25) is 0 Å². The van der Waals surface area contributed by atoms with Crippen molar-refractivity contribution >= 4 is 21.9 Å². The topological polar surface area (TPSA) is 36.9 Å². The van der Waals surface area contributed by atoms with E-state index in [9.17, 15) is 0 Å². The molecule has 3 saturated heterocycles. The molecule has 0 aromatic carbocycles. The molecule has 4 unspecified atom stereocenters. The van der Waals surface area contributed by atoms with Crippen molar-refractivity contribution in [2.24, 2.45) is 16.8 Å². The van der Waals surface area contributed by atoms with Crippen LogP contribution in [0.25, 0.3) is 0 Å². The molecule has 5 heteroatoms. The van der Waals surface area contributed by atoms with Gasteiger partial charge in [0.15, 0.2) is 5.96 Å². The Morgan fingerprint density at radius 3 is 2.53 bits per heavy atom. The molecule has 19 heavy (non-hydrogen) atoms. The average Bonchev–Trinajstić information content (AvgIpc) is 3.04. The predicted octanol–water partition coefficient (Wildman–Crippen LogP) is 1.97. The van der Waals surface area contributed by atoms with Crippen molar-refractivity contribution in [1.29, 1.82) is 0 Å². The summed E-state index contributed by atoms with van der Waals surface area (Å²) in [5.41, 5.74) is 0. The van der Waals surface area contributed by atoms with E-state index < -0.39 is 0 Å². The Morgan fingerprint density at radius 2 is 2.00 bits per heavy atom. The van der Waals surface area contributed by atoms with E-state index in [1.54, 1.807) is 0 Å². The summed E-state index contributed by atoms with van der Waals surface area (Å²) in [5, 5.41) is 3.39. The number of likely N-dealkylation sites (tertiary alicyclic amines) is 1. The van der Waals surface area contributed by atoms with Crippen molar-refractivity contribution in [2.75, 3.05) is 26.2 Å². The fourth-order valence-corrected chi connectivity index (χ4v) is 3.84. The third-order valence-electron chi connectivity index (χ3n) is 4.49. The first-order chi connectivity index (χ1) is 9.19. The number of halogens is 1. The molecule has 0 amide bonds. The third kappa shape index (κ3) is 2.55. The first kappa shape index (κ1) is 13.4. The molecule has 106 valence electrons. The van der Waals surface area contributed by atoms with Crippen LogP contribution in [0.3, 0.4) is 0 Å². The predicted molar refractivity (Wildman–Crippen MR) is 80.5 cm³/mol. The van der Waals surface area contributed by atoms with E-state index in [1.807, 2.05) is 0 Å². The van der Waals surface area contributed by atoms with Gasteiger partial charge in [-0.15, -0.1) is 0 Å². The fraction of sp³-hybridized carbons (Fsp3) is 0.786. The van der Waals surface area contributed by atoms with Gasteiger partial charge in [-0.2, -0.15) is 0 Å². The van der Waals surface area contributed by atoms with E-state index >= 15 is 0 Å². The smallest absolute Gasteiger partial charge is 0.194 e. The van der Waals surface area contributed by atoms with Crippen molar-refractivity contribution in [3.05, 3.63) is 11.1 Å². The van der Waals surface area contributed by atoms with E-state index in [2.05, 4.69) is 44.6 Å². The van der Waals surface area contributed by atoms with E-state index in [0.29, 0.717) is 18.8 Å². The van der Waals surface area contributed by atoms with Crippen LogP contribution < -0.4 is 5.32 Å². The van der Waals surface area contributed by atoms with Gasteiger partial charge in [0.05, 0.1) is 18.8 Å². The summed E-state index contributed by atoms with van der Waals surface area (Å²) in [6.07, 6.45) is 3.53. The number of nitrogens with one attached hydrogen (secondary N) is 1. The number of rotatable bonds is 3. The molecule has 0 radical (unpaired) electrons. The minimum Gasteiger partial charge on any atom is -0.374 e.